The summed E-state index contributed by atoms with van der Waals surface area (Å²) in [4.78, 5) is 40.6. The zero-order valence-corrected chi connectivity index (χ0v) is 25.6. The van der Waals surface area contributed by atoms with Crippen LogP contribution in [0.3, 0.4) is 0 Å². The van der Waals surface area contributed by atoms with E-state index in [9.17, 15) is 19.8 Å². The van der Waals surface area contributed by atoms with Crippen LogP contribution in [0, 0.1) is 13.8 Å². The summed E-state index contributed by atoms with van der Waals surface area (Å²) in [6.45, 7) is 15.9. The number of aromatic nitrogens is 4. The Kier molecular flexibility index (Phi) is 8.25. The number of nitrogens with zero attached hydrogens (tertiary/aromatic N) is 2. The molecule has 0 aliphatic carbocycles. The molecule has 0 amide bonds. The zero-order valence-electron chi connectivity index (χ0n) is 25.6. The molecule has 0 aromatic carbocycles. The van der Waals surface area contributed by atoms with Crippen molar-refractivity contribution in [2.24, 2.45) is 0 Å². The number of H-pyrrole nitrogens is 2. The van der Waals surface area contributed by atoms with Gasteiger partial charge in [0.2, 0.25) is 0 Å². The molecule has 8 bridgehead atoms. The number of ether oxygens (including phenoxy) is 1. The number of carbonyl (C=O) groups excluding carboxylic acids is 1. The zero-order chi connectivity index (χ0) is 31.9. The van der Waals surface area contributed by atoms with E-state index in [4.69, 9.17) is 14.7 Å². The highest BCUT2D eigenvalue weighted by molar-refractivity contribution is 5.98. The summed E-state index contributed by atoms with van der Waals surface area (Å²) < 4.78 is 4.83. The van der Waals surface area contributed by atoms with Crippen LogP contribution in [-0.2, 0) is 14.3 Å². The number of hydrogen-bond donors (Lipinski definition) is 4. The lowest BCUT2D eigenvalue weighted by Crippen LogP contribution is -2.16. The summed E-state index contributed by atoms with van der Waals surface area (Å²) in [5.41, 5.74) is 12.4. The maximum Gasteiger partial charge on any atom is 0.308 e. The second kappa shape index (κ2) is 11.9. The van der Waals surface area contributed by atoms with Crippen molar-refractivity contribution < 1.29 is 24.5 Å². The van der Waals surface area contributed by atoms with Crippen LogP contribution in [0.25, 0.3) is 56.5 Å². The Hall–Kier alpha value is -5.02. The predicted molar refractivity (Wildman–Crippen MR) is 175 cm³/mol. The first-order valence-corrected chi connectivity index (χ1v) is 14.4. The number of hydrogen-bond acceptors (Lipinski definition) is 6. The van der Waals surface area contributed by atoms with Crippen LogP contribution in [0.5, 0.6) is 0 Å². The number of esters is 1. The highest BCUT2D eigenvalue weighted by Gasteiger charge is 2.27. The van der Waals surface area contributed by atoms with Gasteiger partial charge in [-0.1, -0.05) is 25.3 Å². The molecule has 0 saturated heterocycles. The van der Waals surface area contributed by atoms with Gasteiger partial charge < -0.3 is 24.9 Å². The third kappa shape index (κ3) is 5.42. The number of nitrogens with one attached hydrogen (secondary N) is 2. The van der Waals surface area contributed by atoms with Gasteiger partial charge in [-0.05, 0) is 86.2 Å². The lowest BCUT2D eigenvalue weighted by Gasteiger charge is -2.12. The standard InChI is InChI=1S/C35H36N4O5/c1-8-21-17(3)24-12-25-19(5)23(10-11-33(41)42)30(38-25)15-31-35(32(40)16-34(43)44-7)20(6)27(39-31)14-29-22(9-2)18(4)26(37-29)13-28(21)36-24/h8-9,12-15,32,36-37,40H,1-2,10-11,16H2,3-7H3,(H,41,42). The first-order chi connectivity index (χ1) is 21.0. The SMILES string of the molecule is C=Cc1c(C)c2cc3[nH]c(cc4nc(cc5nc(cc1[nH]2)C(C)=C5C(O)CC(=O)OC)C(CCC(=O)O)=C4C)c(C)c3C=C. The van der Waals surface area contributed by atoms with Crippen LogP contribution < -0.4 is 0 Å². The molecule has 226 valence electrons. The second-order valence-corrected chi connectivity index (χ2v) is 11.1. The number of carboxylic acids is 1. The number of aromatic amines is 2. The normalized spacial score (nSPS) is 13.7. The van der Waals surface area contributed by atoms with Gasteiger partial charge in [0.15, 0.2) is 0 Å². The predicted octanol–water partition coefficient (Wildman–Crippen LogP) is 6.87. The minimum atomic E-state index is -1.18. The summed E-state index contributed by atoms with van der Waals surface area (Å²) in [6.07, 6.45) is 2.38. The van der Waals surface area contributed by atoms with Gasteiger partial charge in [-0.15, -0.1) is 0 Å². The summed E-state index contributed by atoms with van der Waals surface area (Å²) in [7, 11) is 1.28. The quantitative estimate of drug-likeness (QED) is 0.209. The molecule has 3 aromatic heterocycles. The molecular weight excluding hydrogens is 556 g/mol. The molecule has 9 heteroatoms. The molecule has 3 aromatic rings. The Bertz CT molecular complexity index is 1970. The number of aliphatic hydroxyl groups excluding tert-OH is 1. The van der Waals surface area contributed by atoms with Gasteiger partial charge >= 0.3 is 11.9 Å². The molecule has 5 heterocycles. The third-order valence-corrected chi connectivity index (χ3v) is 8.47. The van der Waals surface area contributed by atoms with E-state index in [1.807, 2.05) is 52.0 Å². The van der Waals surface area contributed by atoms with Gasteiger partial charge in [0, 0.05) is 45.2 Å². The Morgan fingerprint density at radius 2 is 1.39 bits per heavy atom. The van der Waals surface area contributed by atoms with Crippen molar-refractivity contribution >= 4 is 68.4 Å². The number of fused-ring (bicyclic) bond motifs is 8. The average molecular weight is 593 g/mol. The number of aryl methyl sites for hydroxylation is 2. The van der Waals surface area contributed by atoms with Crippen LogP contribution in [-0.4, -0.2) is 55.3 Å². The third-order valence-electron chi connectivity index (χ3n) is 8.47. The van der Waals surface area contributed by atoms with Crippen molar-refractivity contribution in [3.8, 4) is 0 Å². The van der Waals surface area contributed by atoms with Crippen molar-refractivity contribution in [1.82, 2.24) is 19.9 Å². The molecule has 5 rings (SSSR count). The van der Waals surface area contributed by atoms with E-state index in [0.29, 0.717) is 33.9 Å². The van der Waals surface area contributed by atoms with E-state index in [0.717, 1.165) is 55.5 Å². The molecule has 0 fully saturated rings. The maximum absolute atomic E-state index is 12.2. The Balaban J connectivity index is 1.93. The van der Waals surface area contributed by atoms with Gasteiger partial charge in [0.1, 0.15) is 0 Å². The first kappa shape index (κ1) is 30.4. The smallest absolute Gasteiger partial charge is 0.308 e. The molecule has 0 radical (unpaired) electrons. The number of methoxy groups -OCH3 is 1. The van der Waals surface area contributed by atoms with E-state index in [1.165, 1.54) is 7.11 Å². The van der Waals surface area contributed by atoms with E-state index < -0.39 is 18.0 Å². The highest BCUT2D eigenvalue weighted by atomic mass is 16.5. The topological polar surface area (TPSA) is 141 Å². The van der Waals surface area contributed by atoms with Crippen LogP contribution >= 0.6 is 0 Å². The number of allylic oxidation sites excluding steroid dienone is 3. The van der Waals surface area contributed by atoms with Crippen molar-refractivity contribution in [2.75, 3.05) is 7.11 Å². The molecule has 4 N–H and O–H groups in total. The van der Waals surface area contributed by atoms with Gasteiger partial charge in [-0.25, -0.2) is 9.97 Å². The molecule has 0 saturated carbocycles. The maximum atomic E-state index is 12.2. The minimum Gasteiger partial charge on any atom is -0.481 e. The van der Waals surface area contributed by atoms with E-state index >= 15 is 0 Å². The fraction of sp³-hybridized carbons (Fsp3) is 0.257. The average Bonchev–Trinajstić information content (AvgIpc) is 3.64. The van der Waals surface area contributed by atoms with Crippen LogP contribution in [0.1, 0.15) is 78.1 Å². The van der Waals surface area contributed by atoms with E-state index in [-0.39, 0.29) is 19.3 Å². The number of aliphatic carboxylic acids is 1. The lowest BCUT2D eigenvalue weighted by molar-refractivity contribution is -0.142. The summed E-state index contributed by atoms with van der Waals surface area (Å²) in [6, 6.07) is 7.67. The largest absolute Gasteiger partial charge is 0.481 e. The summed E-state index contributed by atoms with van der Waals surface area (Å²) in [5.74, 6) is -1.47. The number of carboxylic acid groups (broad SMARTS) is 1. The van der Waals surface area contributed by atoms with Crippen molar-refractivity contribution in [3.63, 3.8) is 0 Å². The molecule has 44 heavy (non-hydrogen) atoms. The molecular formula is C35H36N4O5. The second-order valence-electron chi connectivity index (χ2n) is 11.1. The van der Waals surface area contributed by atoms with Gasteiger partial charge in [-0.3, -0.25) is 9.59 Å². The summed E-state index contributed by atoms with van der Waals surface area (Å²) in [5, 5.41) is 20.7. The molecule has 9 nitrogen and oxygen atoms in total. The van der Waals surface area contributed by atoms with Gasteiger partial charge in [-0.2, -0.15) is 0 Å². The Morgan fingerprint density at radius 3 is 1.98 bits per heavy atom. The summed E-state index contributed by atoms with van der Waals surface area (Å²) >= 11 is 0. The van der Waals surface area contributed by atoms with E-state index in [1.54, 1.807) is 12.1 Å². The minimum absolute atomic E-state index is 0.0724. The van der Waals surface area contributed by atoms with E-state index in [2.05, 4.69) is 23.1 Å². The molecule has 0 spiro atoms. The molecule has 2 aliphatic heterocycles. The highest BCUT2D eigenvalue weighted by Crippen LogP contribution is 2.38. The molecule has 1 unspecified atom stereocenters. The number of aliphatic hydroxyl groups is 1. The number of carbonyl (C=O) groups is 2. The lowest BCUT2D eigenvalue weighted by atomic mass is 9.96. The number of rotatable bonds is 8. The van der Waals surface area contributed by atoms with Crippen molar-refractivity contribution in [1.29, 1.82) is 0 Å². The van der Waals surface area contributed by atoms with Gasteiger partial charge in [0.05, 0.1) is 42.4 Å². The first-order valence-electron chi connectivity index (χ1n) is 14.4. The molecule has 2 aliphatic rings. The monoisotopic (exact) mass is 592 g/mol. The molecule has 1 atom stereocenters. The fourth-order valence-electron chi connectivity index (χ4n) is 5.95. The van der Waals surface area contributed by atoms with Crippen molar-refractivity contribution in [3.05, 3.63) is 82.5 Å². The van der Waals surface area contributed by atoms with Gasteiger partial charge in [0.25, 0.3) is 0 Å². The fourth-order valence-corrected chi connectivity index (χ4v) is 5.95. The van der Waals surface area contributed by atoms with Crippen molar-refractivity contribution in [2.45, 2.75) is 53.1 Å². The van der Waals surface area contributed by atoms with Crippen LogP contribution in [0.2, 0.25) is 0 Å². The van der Waals surface area contributed by atoms with Crippen LogP contribution in [0.15, 0.2) is 37.4 Å². The Labute approximate surface area is 255 Å². The Morgan fingerprint density at radius 1 is 0.841 bits per heavy atom. The van der Waals surface area contributed by atoms with Crippen LogP contribution in [0.4, 0.5) is 0 Å².